The van der Waals surface area contributed by atoms with Crippen LogP contribution in [0.4, 0.5) is 4.39 Å². The molecule has 0 atom stereocenters. The van der Waals surface area contributed by atoms with Crippen molar-refractivity contribution in [2.75, 3.05) is 6.61 Å². The summed E-state index contributed by atoms with van der Waals surface area (Å²) in [5, 5.41) is -0.0586. The molecule has 0 saturated carbocycles. The Hall–Kier alpha value is -0.840. The largest absolute Gasteiger partial charge is 0.276 e. The quantitative estimate of drug-likeness (QED) is 0.677. The SMILES string of the molecule is CC(C)CONC(=O)c1cc(F)c(Cl)cc1Cl. The molecule has 0 aromatic heterocycles. The molecule has 1 N–H and O–H groups in total. The molecule has 0 aliphatic carbocycles. The van der Waals surface area contributed by atoms with E-state index in [1.165, 1.54) is 6.07 Å². The van der Waals surface area contributed by atoms with Crippen molar-refractivity contribution in [2.45, 2.75) is 13.8 Å². The van der Waals surface area contributed by atoms with E-state index in [2.05, 4.69) is 5.48 Å². The minimum atomic E-state index is -0.704. The molecule has 0 bridgehead atoms. The van der Waals surface area contributed by atoms with Crippen LogP contribution in [-0.2, 0) is 4.84 Å². The molecular formula is C11H12Cl2FNO2. The Kier molecular flexibility index (Phi) is 5.18. The molecule has 94 valence electrons. The van der Waals surface area contributed by atoms with Crippen LogP contribution in [0.1, 0.15) is 24.2 Å². The second-order valence-electron chi connectivity index (χ2n) is 3.88. The van der Waals surface area contributed by atoms with Gasteiger partial charge in [-0.3, -0.25) is 9.63 Å². The lowest BCUT2D eigenvalue weighted by atomic mass is 10.2. The zero-order chi connectivity index (χ0) is 13.0. The maximum Gasteiger partial charge on any atom is 0.276 e. The monoisotopic (exact) mass is 279 g/mol. The maximum absolute atomic E-state index is 13.2. The van der Waals surface area contributed by atoms with E-state index < -0.39 is 11.7 Å². The Morgan fingerprint density at radius 2 is 2.06 bits per heavy atom. The summed E-state index contributed by atoms with van der Waals surface area (Å²) in [5.74, 6) is -1.04. The van der Waals surface area contributed by atoms with Gasteiger partial charge < -0.3 is 0 Å². The van der Waals surface area contributed by atoms with Crippen molar-refractivity contribution in [3.63, 3.8) is 0 Å². The Balaban J connectivity index is 2.72. The maximum atomic E-state index is 13.2. The first-order chi connectivity index (χ1) is 7.91. The Labute approximate surface area is 109 Å². The van der Waals surface area contributed by atoms with Gasteiger partial charge in [-0.2, -0.15) is 0 Å². The first-order valence-electron chi connectivity index (χ1n) is 4.98. The van der Waals surface area contributed by atoms with Gasteiger partial charge in [-0.15, -0.1) is 0 Å². The number of hydrogen-bond donors (Lipinski definition) is 1. The van der Waals surface area contributed by atoms with Crippen LogP contribution in [0, 0.1) is 11.7 Å². The zero-order valence-corrected chi connectivity index (χ0v) is 10.9. The fraction of sp³-hybridized carbons (Fsp3) is 0.364. The number of halogens is 3. The molecule has 0 unspecified atom stereocenters. The van der Waals surface area contributed by atoms with Gasteiger partial charge in [0.1, 0.15) is 5.82 Å². The average molecular weight is 280 g/mol. The van der Waals surface area contributed by atoms with E-state index in [-0.39, 0.29) is 21.5 Å². The molecule has 1 rings (SSSR count). The van der Waals surface area contributed by atoms with Gasteiger partial charge in [0.25, 0.3) is 5.91 Å². The smallest absolute Gasteiger partial charge is 0.273 e. The summed E-state index contributed by atoms with van der Waals surface area (Å²) < 4.78 is 13.2. The lowest BCUT2D eigenvalue weighted by Crippen LogP contribution is -2.26. The summed E-state index contributed by atoms with van der Waals surface area (Å²) in [7, 11) is 0. The molecule has 3 nitrogen and oxygen atoms in total. The summed E-state index contributed by atoms with van der Waals surface area (Å²) in [5.41, 5.74) is 2.17. The van der Waals surface area contributed by atoms with E-state index in [0.717, 1.165) is 6.07 Å². The van der Waals surface area contributed by atoms with E-state index in [1.54, 1.807) is 0 Å². The number of hydrogen-bond acceptors (Lipinski definition) is 2. The van der Waals surface area contributed by atoms with Crippen molar-refractivity contribution in [2.24, 2.45) is 5.92 Å². The van der Waals surface area contributed by atoms with Crippen LogP contribution < -0.4 is 5.48 Å². The minimum absolute atomic E-state index is 0.0164. The highest BCUT2D eigenvalue weighted by Gasteiger charge is 2.14. The normalized spacial score (nSPS) is 10.7. The van der Waals surface area contributed by atoms with Crippen molar-refractivity contribution < 1.29 is 14.0 Å². The predicted octanol–water partition coefficient (Wildman–Crippen LogP) is 3.45. The lowest BCUT2D eigenvalue weighted by Gasteiger charge is -2.09. The number of nitrogens with one attached hydrogen (secondary N) is 1. The highest BCUT2D eigenvalue weighted by molar-refractivity contribution is 6.36. The first kappa shape index (κ1) is 14.2. The van der Waals surface area contributed by atoms with E-state index in [0.29, 0.717) is 6.61 Å². The third-order valence-corrected chi connectivity index (χ3v) is 2.44. The van der Waals surface area contributed by atoms with Gasteiger partial charge in [0.15, 0.2) is 0 Å². The Morgan fingerprint density at radius 1 is 1.41 bits per heavy atom. The van der Waals surface area contributed by atoms with Crippen molar-refractivity contribution in [3.05, 3.63) is 33.6 Å². The van der Waals surface area contributed by atoms with Crippen LogP contribution in [0.25, 0.3) is 0 Å². The number of carbonyl (C=O) groups excluding carboxylic acids is 1. The molecule has 0 aliphatic heterocycles. The number of rotatable bonds is 4. The Morgan fingerprint density at radius 3 is 2.65 bits per heavy atom. The highest BCUT2D eigenvalue weighted by Crippen LogP contribution is 2.24. The van der Waals surface area contributed by atoms with E-state index in [9.17, 15) is 9.18 Å². The third kappa shape index (κ3) is 4.15. The van der Waals surface area contributed by atoms with Crippen molar-refractivity contribution in [3.8, 4) is 0 Å². The van der Waals surface area contributed by atoms with Gasteiger partial charge in [0, 0.05) is 0 Å². The van der Waals surface area contributed by atoms with Crippen LogP contribution in [-0.4, -0.2) is 12.5 Å². The molecule has 0 heterocycles. The van der Waals surface area contributed by atoms with Crippen molar-refractivity contribution in [1.82, 2.24) is 5.48 Å². The standard InChI is InChI=1S/C11H12Cl2FNO2/c1-6(2)5-17-15-11(16)7-3-10(14)9(13)4-8(7)12/h3-4,6H,5H2,1-2H3,(H,15,16). The van der Waals surface area contributed by atoms with Crippen LogP contribution in [0.2, 0.25) is 10.0 Å². The Bertz CT molecular complexity index is 424. The molecule has 17 heavy (non-hydrogen) atoms. The minimum Gasteiger partial charge on any atom is -0.273 e. The van der Waals surface area contributed by atoms with E-state index in [1.807, 2.05) is 13.8 Å². The van der Waals surface area contributed by atoms with E-state index in [4.69, 9.17) is 28.0 Å². The molecular weight excluding hydrogens is 268 g/mol. The molecule has 1 aromatic rings. The molecule has 6 heteroatoms. The van der Waals surface area contributed by atoms with Gasteiger partial charge in [0.2, 0.25) is 0 Å². The average Bonchev–Trinajstić information content (AvgIpc) is 2.22. The number of amides is 1. The molecule has 0 saturated heterocycles. The molecule has 0 spiro atoms. The molecule has 1 amide bonds. The molecule has 0 aliphatic rings. The summed E-state index contributed by atoms with van der Waals surface area (Å²) in [6, 6.07) is 2.15. The first-order valence-corrected chi connectivity index (χ1v) is 5.74. The number of carbonyl (C=O) groups is 1. The molecule has 1 aromatic carbocycles. The fourth-order valence-electron chi connectivity index (χ4n) is 1.03. The van der Waals surface area contributed by atoms with Crippen LogP contribution in [0.5, 0.6) is 0 Å². The summed E-state index contributed by atoms with van der Waals surface area (Å²) in [6.45, 7) is 4.22. The second-order valence-corrected chi connectivity index (χ2v) is 4.70. The van der Waals surface area contributed by atoms with Gasteiger partial charge >= 0.3 is 0 Å². The van der Waals surface area contributed by atoms with Crippen LogP contribution in [0.3, 0.4) is 0 Å². The summed E-state index contributed by atoms with van der Waals surface area (Å²) in [6.07, 6.45) is 0. The topological polar surface area (TPSA) is 38.3 Å². The lowest BCUT2D eigenvalue weighted by molar-refractivity contribution is 0.0208. The fourth-order valence-corrected chi connectivity index (χ4v) is 1.49. The van der Waals surface area contributed by atoms with Crippen molar-refractivity contribution >= 4 is 29.1 Å². The second kappa shape index (κ2) is 6.19. The summed E-state index contributed by atoms with van der Waals surface area (Å²) in [4.78, 5) is 16.5. The predicted molar refractivity (Wildman–Crippen MR) is 64.7 cm³/mol. The van der Waals surface area contributed by atoms with Crippen molar-refractivity contribution in [1.29, 1.82) is 0 Å². The molecule has 0 fully saturated rings. The van der Waals surface area contributed by atoms with Gasteiger partial charge in [-0.1, -0.05) is 37.0 Å². The number of benzene rings is 1. The van der Waals surface area contributed by atoms with Crippen LogP contribution in [0.15, 0.2) is 12.1 Å². The number of hydroxylamine groups is 1. The van der Waals surface area contributed by atoms with Gasteiger partial charge in [-0.05, 0) is 18.1 Å². The van der Waals surface area contributed by atoms with E-state index >= 15 is 0 Å². The third-order valence-electron chi connectivity index (χ3n) is 1.84. The highest BCUT2D eigenvalue weighted by atomic mass is 35.5. The molecule has 0 radical (unpaired) electrons. The van der Waals surface area contributed by atoms with Gasteiger partial charge in [-0.25, -0.2) is 9.87 Å². The summed E-state index contributed by atoms with van der Waals surface area (Å²) >= 11 is 11.3. The zero-order valence-electron chi connectivity index (χ0n) is 9.39. The van der Waals surface area contributed by atoms with Gasteiger partial charge in [0.05, 0.1) is 22.2 Å². The van der Waals surface area contributed by atoms with Crippen LogP contribution >= 0.6 is 23.2 Å².